The SMILES string of the molecule is Cn1cc(-c2ccc3c(-c4cc(CS(=O)(=O)C5CC5)cc(-c5ccc(F)nc5)c4)cnn3c2)cn1. The van der Waals surface area contributed by atoms with E-state index in [2.05, 4.69) is 15.2 Å². The third-order valence-electron chi connectivity index (χ3n) is 6.32. The summed E-state index contributed by atoms with van der Waals surface area (Å²) in [4.78, 5) is 3.77. The van der Waals surface area contributed by atoms with E-state index in [9.17, 15) is 12.8 Å². The lowest BCUT2D eigenvalue weighted by molar-refractivity contribution is 0.584. The monoisotopic (exact) mass is 487 g/mol. The minimum absolute atomic E-state index is 0.0303. The number of benzene rings is 1. The fourth-order valence-electron chi connectivity index (χ4n) is 4.37. The summed E-state index contributed by atoms with van der Waals surface area (Å²) in [6.45, 7) is 0. The number of nitrogens with zero attached hydrogens (tertiary/aromatic N) is 5. The highest BCUT2D eigenvalue weighted by Gasteiger charge is 2.35. The number of pyridine rings is 2. The predicted molar refractivity (Wildman–Crippen MR) is 132 cm³/mol. The summed E-state index contributed by atoms with van der Waals surface area (Å²) in [5.74, 6) is -0.592. The molecule has 4 heterocycles. The zero-order valence-electron chi connectivity index (χ0n) is 19.0. The fourth-order valence-corrected chi connectivity index (χ4v) is 6.09. The van der Waals surface area contributed by atoms with Gasteiger partial charge in [0.05, 0.1) is 28.9 Å². The maximum atomic E-state index is 13.4. The highest BCUT2D eigenvalue weighted by molar-refractivity contribution is 7.91. The van der Waals surface area contributed by atoms with Gasteiger partial charge in [-0.2, -0.15) is 14.6 Å². The Bertz CT molecular complexity index is 1670. The molecule has 1 aromatic carbocycles. The lowest BCUT2D eigenvalue weighted by atomic mass is 9.98. The van der Waals surface area contributed by atoms with Crippen molar-refractivity contribution in [2.24, 2.45) is 7.05 Å². The lowest BCUT2D eigenvalue weighted by Gasteiger charge is -2.11. The van der Waals surface area contributed by atoms with Crippen molar-refractivity contribution in [2.75, 3.05) is 0 Å². The van der Waals surface area contributed by atoms with Gasteiger partial charge in [-0.3, -0.25) is 4.68 Å². The molecule has 0 unspecified atom stereocenters. The topological polar surface area (TPSA) is 82.1 Å². The van der Waals surface area contributed by atoms with E-state index < -0.39 is 15.8 Å². The quantitative estimate of drug-likeness (QED) is 0.325. The van der Waals surface area contributed by atoms with Gasteiger partial charge in [0.1, 0.15) is 0 Å². The molecule has 4 aromatic heterocycles. The maximum absolute atomic E-state index is 13.4. The van der Waals surface area contributed by atoms with Crippen molar-refractivity contribution in [2.45, 2.75) is 23.8 Å². The maximum Gasteiger partial charge on any atom is 0.212 e. The lowest BCUT2D eigenvalue weighted by Crippen LogP contribution is -2.09. The first-order chi connectivity index (χ1) is 16.9. The minimum Gasteiger partial charge on any atom is -0.275 e. The number of aryl methyl sites for hydroxylation is 1. The first kappa shape index (κ1) is 21.7. The number of halogens is 1. The summed E-state index contributed by atoms with van der Waals surface area (Å²) < 4.78 is 42.5. The molecule has 1 aliphatic rings. The second kappa shape index (κ2) is 8.13. The van der Waals surface area contributed by atoms with Crippen LogP contribution < -0.4 is 0 Å². The van der Waals surface area contributed by atoms with Crippen LogP contribution in [0.2, 0.25) is 0 Å². The molecule has 6 rings (SSSR count). The van der Waals surface area contributed by atoms with E-state index in [-0.39, 0.29) is 11.0 Å². The second-order valence-electron chi connectivity index (χ2n) is 9.00. The Kier molecular flexibility index (Phi) is 5.03. The first-order valence-corrected chi connectivity index (χ1v) is 13.0. The van der Waals surface area contributed by atoms with Crippen LogP contribution in [0.3, 0.4) is 0 Å². The fraction of sp³-hybridized carbons (Fsp3) is 0.192. The summed E-state index contributed by atoms with van der Waals surface area (Å²) in [6.07, 6.45) is 10.4. The normalized spacial score (nSPS) is 14.0. The Morgan fingerprint density at radius 1 is 0.886 bits per heavy atom. The van der Waals surface area contributed by atoms with E-state index in [0.717, 1.165) is 46.2 Å². The van der Waals surface area contributed by atoms with Crippen molar-refractivity contribution < 1.29 is 12.8 Å². The highest BCUT2D eigenvalue weighted by atomic mass is 32.2. The van der Waals surface area contributed by atoms with Crippen LogP contribution in [0.15, 0.2) is 73.4 Å². The predicted octanol–water partition coefficient (Wildman–Crippen LogP) is 4.68. The van der Waals surface area contributed by atoms with Crippen molar-refractivity contribution in [1.29, 1.82) is 0 Å². The molecule has 7 nitrogen and oxygen atoms in total. The van der Waals surface area contributed by atoms with Gasteiger partial charge in [-0.1, -0.05) is 12.1 Å². The average molecular weight is 488 g/mol. The number of sulfone groups is 1. The Hall–Kier alpha value is -3.85. The second-order valence-corrected chi connectivity index (χ2v) is 11.3. The summed E-state index contributed by atoms with van der Waals surface area (Å²) in [5.41, 5.74) is 6.79. The summed E-state index contributed by atoms with van der Waals surface area (Å²) in [7, 11) is -1.34. The molecule has 0 aliphatic heterocycles. The van der Waals surface area contributed by atoms with Crippen molar-refractivity contribution in [3.8, 4) is 33.4 Å². The van der Waals surface area contributed by atoms with Crippen LogP contribution in [0.25, 0.3) is 38.9 Å². The Labute approximate surface area is 201 Å². The van der Waals surface area contributed by atoms with Gasteiger partial charge in [0, 0.05) is 47.9 Å². The number of rotatable bonds is 6. The van der Waals surface area contributed by atoms with Crippen LogP contribution in [0.4, 0.5) is 4.39 Å². The molecule has 0 saturated heterocycles. The standard InChI is InChI=1S/C26H22FN5O2S/c1-31-14-22(12-29-31)19-2-6-25-24(13-30-32(25)15-19)21-9-17(16-35(33,34)23-4-5-23)8-20(10-21)18-3-7-26(27)28-11-18/h2-3,6-15,23H,4-5,16H2,1H3. The molecule has 9 heteroatoms. The van der Waals surface area contributed by atoms with Gasteiger partial charge in [-0.15, -0.1) is 0 Å². The minimum atomic E-state index is -3.21. The summed E-state index contributed by atoms with van der Waals surface area (Å²) >= 11 is 0. The Balaban J connectivity index is 1.46. The molecule has 1 aliphatic carbocycles. The van der Waals surface area contributed by atoms with E-state index in [0.29, 0.717) is 11.1 Å². The van der Waals surface area contributed by atoms with Crippen molar-refractivity contribution in [1.82, 2.24) is 24.4 Å². The zero-order valence-corrected chi connectivity index (χ0v) is 19.8. The number of fused-ring (bicyclic) bond motifs is 1. The van der Waals surface area contributed by atoms with E-state index in [1.54, 1.807) is 23.1 Å². The zero-order chi connectivity index (χ0) is 24.2. The van der Waals surface area contributed by atoms with Gasteiger partial charge in [0.25, 0.3) is 0 Å². The summed E-state index contributed by atoms with van der Waals surface area (Å²) in [6, 6.07) is 12.7. The molecular weight excluding hydrogens is 465 g/mol. The van der Waals surface area contributed by atoms with Gasteiger partial charge in [0.15, 0.2) is 9.84 Å². The van der Waals surface area contributed by atoms with Gasteiger partial charge >= 0.3 is 0 Å². The van der Waals surface area contributed by atoms with Crippen LogP contribution >= 0.6 is 0 Å². The van der Waals surface area contributed by atoms with Crippen LogP contribution in [0.5, 0.6) is 0 Å². The molecule has 0 radical (unpaired) electrons. The molecule has 1 saturated carbocycles. The van der Waals surface area contributed by atoms with E-state index in [1.165, 1.54) is 12.3 Å². The molecule has 0 amide bonds. The Morgan fingerprint density at radius 2 is 1.69 bits per heavy atom. The average Bonchev–Trinajstić information content (AvgIpc) is 3.49. The molecule has 5 aromatic rings. The first-order valence-electron chi connectivity index (χ1n) is 11.3. The highest BCUT2D eigenvalue weighted by Crippen LogP contribution is 2.35. The number of hydrogen-bond donors (Lipinski definition) is 0. The molecule has 1 fully saturated rings. The van der Waals surface area contributed by atoms with Gasteiger partial charge in [-0.25, -0.2) is 17.9 Å². The molecular formula is C26H22FN5O2S. The van der Waals surface area contributed by atoms with Crippen LogP contribution in [0, 0.1) is 5.95 Å². The van der Waals surface area contributed by atoms with E-state index in [1.807, 2.05) is 54.3 Å². The molecule has 35 heavy (non-hydrogen) atoms. The van der Waals surface area contributed by atoms with E-state index in [4.69, 9.17) is 0 Å². The largest absolute Gasteiger partial charge is 0.275 e. The summed E-state index contributed by atoms with van der Waals surface area (Å²) in [5, 5.41) is 8.54. The van der Waals surface area contributed by atoms with Crippen molar-refractivity contribution in [3.05, 3.63) is 85.0 Å². The van der Waals surface area contributed by atoms with Crippen molar-refractivity contribution >= 4 is 15.4 Å². The van der Waals surface area contributed by atoms with Crippen LogP contribution in [-0.4, -0.2) is 38.0 Å². The third kappa shape index (κ3) is 4.23. The molecule has 0 N–H and O–H groups in total. The third-order valence-corrected chi connectivity index (χ3v) is 8.54. The molecule has 0 bridgehead atoms. The number of hydrogen-bond acceptors (Lipinski definition) is 5. The van der Waals surface area contributed by atoms with Crippen molar-refractivity contribution in [3.63, 3.8) is 0 Å². The molecule has 176 valence electrons. The molecule has 0 atom stereocenters. The van der Waals surface area contributed by atoms with Gasteiger partial charge in [0.2, 0.25) is 5.95 Å². The van der Waals surface area contributed by atoms with Gasteiger partial charge in [-0.05, 0) is 59.9 Å². The van der Waals surface area contributed by atoms with Crippen LogP contribution in [-0.2, 0) is 22.6 Å². The smallest absolute Gasteiger partial charge is 0.212 e. The van der Waals surface area contributed by atoms with Gasteiger partial charge < -0.3 is 0 Å². The van der Waals surface area contributed by atoms with Crippen LogP contribution in [0.1, 0.15) is 18.4 Å². The Morgan fingerprint density at radius 3 is 2.40 bits per heavy atom. The number of aromatic nitrogens is 5. The van der Waals surface area contributed by atoms with E-state index >= 15 is 0 Å². The molecule has 0 spiro atoms.